The summed E-state index contributed by atoms with van der Waals surface area (Å²) in [6.07, 6.45) is 1.15. The predicted molar refractivity (Wildman–Crippen MR) is 105 cm³/mol. The second-order valence-electron chi connectivity index (χ2n) is 6.51. The molecule has 1 aliphatic heterocycles. The maximum absolute atomic E-state index is 12.8. The fourth-order valence-corrected chi connectivity index (χ4v) is 3.75. The van der Waals surface area contributed by atoms with Crippen molar-refractivity contribution in [3.05, 3.63) is 83.9 Å². The highest BCUT2D eigenvalue weighted by molar-refractivity contribution is 7.80. The van der Waals surface area contributed by atoms with E-state index >= 15 is 0 Å². The molecule has 3 aromatic rings. The number of nitrogens with zero attached hydrogens (tertiary/aromatic N) is 3. The fraction of sp³-hybridized carbons (Fsp3) is 0.200. The monoisotopic (exact) mass is 402 g/mol. The SMILES string of the molecule is FC(F)(F)c1ccc(NC(=S)N2CCn3cccc3C2c2ccncc2)cc1. The fourth-order valence-electron chi connectivity index (χ4n) is 3.44. The molecule has 0 radical (unpaired) electrons. The Morgan fingerprint density at radius 2 is 1.75 bits per heavy atom. The normalized spacial score (nSPS) is 16.5. The minimum atomic E-state index is -4.36. The largest absolute Gasteiger partial charge is 0.416 e. The number of fused-ring (bicyclic) bond motifs is 1. The molecule has 0 bridgehead atoms. The Kier molecular flexibility index (Phi) is 4.80. The molecule has 4 rings (SSSR count). The lowest BCUT2D eigenvalue weighted by atomic mass is 10.0. The zero-order valence-electron chi connectivity index (χ0n) is 14.7. The molecule has 1 aromatic carbocycles. The molecule has 1 aliphatic rings. The molecule has 0 saturated carbocycles. The number of halogens is 3. The van der Waals surface area contributed by atoms with Crippen LogP contribution in [0.4, 0.5) is 18.9 Å². The maximum Gasteiger partial charge on any atom is 0.416 e. The van der Waals surface area contributed by atoms with Gasteiger partial charge in [-0.05, 0) is 66.3 Å². The molecule has 144 valence electrons. The minimum Gasteiger partial charge on any atom is -0.348 e. The van der Waals surface area contributed by atoms with Gasteiger partial charge in [-0.15, -0.1) is 0 Å². The van der Waals surface area contributed by atoms with Gasteiger partial charge in [-0.3, -0.25) is 4.98 Å². The smallest absolute Gasteiger partial charge is 0.348 e. The molecule has 28 heavy (non-hydrogen) atoms. The molecule has 4 nitrogen and oxygen atoms in total. The summed E-state index contributed by atoms with van der Waals surface area (Å²) in [5, 5.41) is 3.54. The lowest BCUT2D eigenvalue weighted by molar-refractivity contribution is -0.137. The minimum absolute atomic E-state index is 0.0961. The van der Waals surface area contributed by atoms with Crippen molar-refractivity contribution < 1.29 is 13.2 Å². The summed E-state index contributed by atoms with van der Waals surface area (Å²) in [6.45, 7) is 1.46. The van der Waals surface area contributed by atoms with E-state index in [0.29, 0.717) is 17.3 Å². The number of benzene rings is 1. The van der Waals surface area contributed by atoms with Crippen LogP contribution in [-0.2, 0) is 12.7 Å². The average molecular weight is 402 g/mol. The molecule has 0 amide bonds. The summed E-state index contributed by atoms with van der Waals surface area (Å²) < 4.78 is 40.5. The third kappa shape index (κ3) is 3.60. The van der Waals surface area contributed by atoms with Crippen LogP contribution in [-0.4, -0.2) is 26.1 Å². The number of rotatable bonds is 2. The molecule has 0 fully saturated rings. The van der Waals surface area contributed by atoms with E-state index in [-0.39, 0.29) is 6.04 Å². The van der Waals surface area contributed by atoms with Gasteiger partial charge in [0.2, 0.25) is 0 Å². The van der Waals surface area contributed by atoms with Gasteiger partial charge in [-0.2, -0.15) is 13.2 Å². The van der Waals surface area contributed by atoms with Crippen molar-refractivity contribution >= 4 is 23.0 Å². The van der Waals surface area contributed by atoms with Crippen molar-refractivity contribution in [1.29, 1.82) is 0 Å². The predicted octanol–water partition coefficient (Wildman–Crippen LogP) is 4.70. The molecule has 1 atom stereocenters. The van der Waals surface area contributed by atoms with Crippen molar-refractivity contribution in [3.8, 4) is 0 Å². The highest BCUT2D eigenvalue weighted by Crippen LogP contribution is 2.33. The molecular weight excluding hydrogens is 385 g/mol. The van der Waals surface area contributed by atoms with Gasteiger partial charge < -0.3 is 14.8 Å². The number of hydrogen-bond donors (Lipinski definition) is 1. The van der Waals surface area contributed by atoms with Crippen LogP contribution in [0.1, 0.15) is 22.9 Å². The van der Waals surface area contributed by atoms with Gasteiger partial charge in [0, 0.05) is 43.1 Å². The topological polar surface area (TPSA) is 33.1 Å². The van der Waals surface area contributed by atoms with Crippen molar-refractivity contribution in [2.24, 2.45) is 0 Å². The van der Waals surface area contributed by atoms with Gasteiger partial charge in [0.05, 0.1) is 11.6 Å². The Balaban J connectivity index is 1.59. The van der Waals surface area contributed by atoms with Crippen molar-refractivity contribution in [2.75, 3.05) is 11.9 Å². The van der Waals surface area contributed by atoms with E-state index in [0.717, 1.165) is 29.9 Å². The zero-order chi connectivity index (χ0) is 19.7. The van der Waals surface area contributed by atoms with Gasteiger partial charge >= 0.3 is 6.18 Å². The summed E-state index contributed by atoms with van der Waals surface area (Å²) in [6, 6.07) is 12.7. The summed E-state index contributed by atoms with van der Waals surface area (Å²) in [5.74, 6) is 0. The summed E-state index contributed by atoms with van der Waals surface area (Å²) >= 11 is 5.61. The first-order chi connectivity index (χ1) is 13.4. The van der Waals surface area contributed by atoms with Crippen LogP contribution in [0.25, 0.3) is 0 Å². The molecule has 1 unspecified atom stereocenters. The molecule has 3 heterocycles. The molecule has 8 heteroatoms. The highest BCUT2D eigenvalue weighted by Gasteiger charge is 2.31. The number of anilines is 1. The van der Waals surface area contributed by atoms with Crippen LogP contribution in [0.5, 0.6) is 0 Å². The van der Waals surface area contributed by atoms with E-state index in [1.54, 1.807) is 12.4 Å². The zero-order valence-corrected chi connectivity index (χ0v) is 15.5. The molecule has 2 aromatic heterocycles. The van der Waals surface area contributed by atoms with E-state index in [1.807, 2.05) is 24.4 Å². The molecule has 0 aliphatic carbocycles. The van der Waals surface area contributed by atoms with Gasteiger partial charge in [0.1, 0.15) is 0 Å². The van der Waals surface area contributed by atoms with Gasteiger partial charge in [0.25, 0.3) is 0 Å². The van der Waals surface area contributed by atoms with E-state index in [1.165, 1.54) is 12.1 Å². The highest BCUT2D eigenvalue weighted by atomic mass is 32.1. The number of pyridine rings is 1. The van der Waals surface area contributed by atoms with Crippen LogP contribution >= 0.6 is 12.2 Å². The number of aromatic nitrogens is 2. The van der Waals surface area contributed by atoms with E-state index < -0.39 is 11.7 Å². The van der Waals surface area contributed by atoms with Gasteiger partial charge in [-0.25, -0.2) is 0 Å². The van der Waals surface area contributed by atoms with Gasteiger partial charge in [-0.1, -0.05) is 0 Å². The first-order valence-corrected chi connectivity index (χ1v) is 9.14. The lowest BCUT2D eigenvalue weighted by Gasteiger charge is -2.39. The van der Waals surface area contributed by atoms with Crippen LogP contribution < -0.4 is 5.32 Å². The summed E-state index contributed by atoms with van der Waals surface area (Å²) in [4.78, 5) is 6.14. The Morgan fingerprint density at radius 1 is 1.04 bits per heavy atom. The lowest BCUT2D eigenvalue weighted by Crippen LogP contribution is -2.44. The Morgan fingerprint density at radius 3 is 2.43 bits per heavy atom. The summed E-state index contributed by atoms with van der Waals surface area (Å²) in [7, 11) is 0. The Hall–Kier alpha value is -2.87. The first-order valence-electron chi connectivity index (χ1n) is 8.73. The van der Waals surface area contributed by atoms with Crippen molar-refractivity contribution in [3.63, 3.8) is 0 Å². The third-order valence-corrected chi connectivity index (χ3v) is 5.12. The molecule has 0 saturated heterocycles. The molecular formula is C20H17F3N4S. The second kappa shape index (κ2) is 7.27. The number of nitrogens with one attached hydrogen (secondary N) is 1. The van der Waals surface area contributed by atoms with Crippen molar-refractivity contribution in [2.45, 2.75) is 18.8 Å². The number of alkyl halides is 3. The third-order valence-electron chi connectivity index (χ3n) is 4.78. The average Bonchev–Trinajstić information content (AvgIpc) is 3.16. The molecule has 1 N–H and O–H groups in total. The van der Waals surface area contributed by atoms with Crippen molar-refractivity contribution in [1.82, 2.24) is 14.5 Å². The maximum atomic E-state index is 12.8. The Labute approximate surface area is 165 Å². The summed E-state index contributed by atoms with van der Waals surface area (Å²) in [5.41, 5.74) is 1.99. The van der Waals surface area contributed by atoms with E-state index in [9.17, 15) is 13.2 Å². The van der Waals surface area contributed by atoms with Crippen LogP contribution in [0.3, 0.4) is 0 Å². The number of hydrogen-bond acceptors (Lipinski definition) is 2. The second-order valence-corrected chi connectivity index (χ2v) is 6.89. The standard InChI is InChI=1S/C20H17F3N4S/c21-20(22,23)15-3-5-16(6-4-15)25-19(28)27-13-12-26-11-1-2-17(26)18(27)14-7-9-24-10-8-14/h1-11,18H,12-13H2,(H,25,28). The van der Waals surface area contributed by atoms with Crippen LogP contribution in [0.2, 0.25) is 0 Å². The quantitative estimate of drug-likeness (QED) is 0.630. The Bertz CT molecular complexity index is 967. The van der Waals surface area contributed by atoms with Crippen LogP contribution in [0, 0.1) is 0 Å². The van der Waals surface area contributed by atoms with E-state index in [2.05, 4.69) is 25.8 Å². The number of thiocarbonyl (C=S) groups is 1. The van der Waals surface area contributed by atoms with Gasteiger partial charge in [0.15, 0.2) is 5.11 Å². The van der Waals surface area contributed by atoms with E-state index in [4.69, 9.17) is 12.2 Å². The molecule has 0 spiro atoms. The van der Waals surface area contributed by atoms with Crippen LogP contribution in [0.15, 0.2) is 67.1 Å². The first kappa shape index (κ1) is 18.5.